The largest absolute Gasteiger partial charge is 0.384 e. The zero-order valence-electron chi connectivity index (χ0n) is 9.64. The number of fused-ring (bicyclic) bond motifs is 1. The van der Waals surface area contributed by atoms with Crippen LogP contribution in [0.25, 0.3) is 0 Å². The molecule has 0 fully saturated rings. The van der Waals surface area contributed by atoms with Crippen molar-refractivity contribution in [2.45, 2.75) is 20.3 Å². The molecule has 1 aliphatic heterocycles. The predicted octanol–water partition coefficient (Wildman–Crippen LogP) is 2.19. The Morgan fingerprint density at radius 1 is 1.47 bits per heavy atom. The summed E-state index contributed by atoms with van der Waals surface area (Å²) in [5.74, 6) is 0.735. The van der Waals surface area contributed by atoms with E-state index >= 15 is 0 Å². The summed E-state index contributed by atoms with van der Waals surface area (Å²) in [7, 11) is 0. The van der Waals surface area contributed by atoms with Gasteiger partial charge in [0.05, 0.1) is 0 Å². The number of nitrogens with one attached hydrogen (secondary N) is 2. The van der Waals surface area contributed by atoms with E-state index in [1.807, 2.05) is 0 Å². The van der Waals surface area contributed by atoms with Crippen LogP contribution in [0.4, 0.5) is 5.69 Å². The topological polar surface area (TPSA) is 24.1 Å². The van der Waals surface area contributed by atoms with E-state index in [0.29, 0.717) is 0 Å². The van der Waals surface area contributed by atoms with Crippen LogP contribution in [0, 0.1) is 12.8 Å². The van der Waals surface area contributed by atoms with E-state index in [4.69, 9.17) is 0 Å². The van der Waals surface area contributed by atoms with Crippen LogP contribution in [-0.4, -0.2) is 19.6 Å². The molecule has 2 heteroatoms. The van der Waals surface area contributed by atoms with Crippen LogP contribution in [0.2, 0.25) is 0 Å². The summed E-state index contributed by atoms with van der Waals surface area (Å²) in [5.41, 5.74) is 4.16. The third-order valence-electron chi connectivity index (χ3n) is 3.03. The molecule has 0 amide bonds. The van der Waals surface area contributed by atoms with Crippen LogP contribution in [0.1, 0.15) is 18.1 Å². The second-order valence-electron chi connectivity index (χ2n) is 4.42. The van der Waals surface area contributed by atoms with Crippen LogP contribution in [0.3, 0.4) is 0 Å². The summed E-state index contributed by atoms with van der Waals surface area (Å²) in [6, 6.07) is 6.69. The highest BCUT2D eigenvalue weighted by Gasteiger charge is 2.17. The summed E-state index contributed by atoms with van der Waals surface area (Å²) in [6.07, 6.45) is 1.21. The monoisotopic (exact) mass is 204 g/mol. The molecule has 0 saturated carbocycles. The molecule has 0 saturated heterocycles. The molecule has 0 spiro atoms. The average molecular weight is 204 g/mol. The standard InChI is InChI=1S/C13H20N2/c1-3-14-8-11-7-12-6-10(2)4-5-13(12)15-9-11/h4-6,11,14-15H,3,7-9H2,1-2H3. The summed E-state index contributed by atoms with van der Waals surface area (Å²) >= 11 is 0. The van der Waals surface area contributed by atoms with E-state index < -0.39 is 0 Å². The molecule has 1 aromatic carbocycles. The Hall–Kier alpha value is -1.02. The Bertz CT molecular complexity index is 333. The number of anilines is 1. The van der Waals surface area contributed by atoms with E-state index in [-0.39, 0.29) is 0 Å². The van der Waals surface area contributed by atoms with Crippen LogP contribution in [0.15, 0.2) is 18.2 Å². The fourth-order valence-corrected chi connectivity index (χ4v) is 2.19. The zero-order chi connectivity index (χ0) is 10.7. The number of benzene rings is 1. The quantitative estimate of drug-likeness (QED) is 0.788. The molecule has 1 atom stereocenters. The lowest BCUT2D eigenvalue weighted by molar-refractivity contribution is 0.492. The van der Waals surface area contributed by atoms with Crippen molar-refractivity contribution in [3.8, 4) is 0 Å². The molecule has 1 aromatic rings. The van der Waals surface area contributed by atoms with E-state index in [1.54, 1.807) is 0 Å². The van der Waals surface area contributed by atoms with Crippen molar-refractivity contribution in [2.24, 2.45) is 5.92 Å². The lowest BCUT2D eigenvalue weighted by atomic mass is 9.93. The van der Waals surface area contributed by atoms with E-state index in [0.717, 1.165) is 25.6 Å². The van der Waals surface area contributed by atoms with E-state index in [9.17, 15) is 0 Å². The fourth-order valence-electron chi connectivity index (χ4n) is 2.19. The van der Waals surface area contributed by atoms with Crippen molar-refractivity contribution >= 4 is 5.69 Å². The van der Waals surface area contributed by atoms with E-state index in [1.165, 1.54) is 23.2 Å². The summed E-state index contributed by atoms with van der Waals surface area (Å²) in [6.45, 7) is 7.61. The first kappa shape index (κ1) is 10.5. The average Bonchev–Trinajstić information content (AvgIpc) is 2.25. The Labute approximate surface area is 92.1 Å². The van der Waals surface area contributed by atoms with Gasteiger partial charge >= 0.3 is 0 Å². The third-order valence-corrected chi connectivity index (χ3v) is 3.03. The number of rotatable bonds is 3. The van der Waals surface area contributed by atoms with Gasteiger partial charge in [-0.15, -0.1) is 0 Å². The Balaban J connectivity index is 2.05. The molecule has 0 aliphatic carbocycles. The molecular weight excluding hydrogens is 184 g/mol. The van der Waals surface area contributed by atoms with Crippen LogP contribution in [0.5, 0.6) is 0 Å². The van der Waals surface area contributed by atoms with Crippen molar-refractivity contribution in [2.75, 3.05) is 25.0 Å². The minimum Gasteiger partial charge on any atom is -0.384 e. The van der Waals surface area contributed by atoms with Gasteiger partial charge in [-0.05, 0) is 44.0 Å². The number of hydrogen-bond donors (Lipinski definition) is 2. The molecule has 2 N–H and O–H groups in total. The zero-order valence-corrected chi connectivity index (χ0v) is 9.64. The maximum absolute atomic E-state index is 3.51. The molecule has 15 heavy (non-hydrogen) atoms. The first-order valence-corrected chi connectivity index (χ1v) is 5.83. The van der Waals surface area contributed by atoms with Crippen molar-refractivity contribution < 1.29 is 0 Å². The summed E-state index contributed by atoms with van der Waals surface area (Å²) < 4.78 is 0. The molecule has 1 unspecified atom stereocenters. The molecule has 2 rings (SSSR count). The van der Waals surface area contributed by atoms with Gasteiger partial charge in [0.15, 0.2) is 0 Å². The van der Waals surface area contributed by atoms with Crippen LogP contribution in [-0.2, 0) is 6.42 Å². The van der Waals surface area contributed by atoms with Gasteiger partial charge in [-0.3, -0.25) is 0 Å². The molecule has 0 radical (unpaired) electrons. The molecule has 0 bridgehead atoms. The lowest BCUT2D eigenvalue weighted by Gasteiger charge is -2.26. The SMILES string of the molecule is CCNCC1CNc2ccc(C)cc2C1. The summed E-state index contributed by atoms with van der Waals surface area (Å²) in [5, 5.41) is 6.93. The smallest absolute Gasteiger partial charge is 0.0373 e. The Morgan fingerprint density at radius 2 is 2.33 bits per heavy atom. The van der Waals surface area contributed by atoms with Gasteiger partial charge in [-0.2, -0.15) is 0 Å². The van der Waals surface area contributed by atoms with Crippen molar-refractivity contribution in [3.63, 3.8) is 0 Å². The van der Waals surface area contributed by atoms with Gasteiger partial charge in [0, 0.05) is 12.2 Å². The molecule has 0 aromatic heterocycles. The lowest BCUT2D eigenvalue weighted by Crippen LogP contribution is -2.32. The molecule has 2 nitrogen and oxygen atoms in total. The minimum atomic E-state index is 0.735. The number of hydrogen-bond acceptors (Lipinski definition) is 2. The van der Waals surface area contributed by atoms with Gasteiger partial charge in [0.2, 0.25) is 0 Å². The van der Waals surface area contributed by atoms with E-state index in [2.05, 4.69) is 42.7 Å². The molecule has 82 valence electrons. The Kier molecular flexibility index (Phi) is 3.27. The summed E-state index contributed by atoms with van der Waals surface area (Å²) in [4.78, 5) is 0. The van der Waals surface area contributed by atoms with Gasteiger partial charge in [-0.25, -0.2) is 0 Å². The van der Waals surface area contributed by atoms with Crippen molar-refractivity contribution in [1.82, 2.24) is 5.32 Å². The molecular formula is C13H20N2. The molecule has 1 heterocycles. The van der Waals surface area contributed by atoms with Gasteiger partial charge in [-0.1, -0.05) is 24.6 Å². The second kappa shape index (κ2) is 4.67. The molecule has 1 aliphatic rings. The highest BCUT2D eigenvalue weighted by Crippen LogP contribution is 2.25. The fraction of sp³-hybridized carbons (Fsp3) is 0.538. The Morgan fingerprint density at radius 3 is 3.13 bits per heavy atom. The maximum atomic E-state index is 3.51. The van der Waals surface area contributed by atoms with Crippen LogP contribution >= 0.6 is 0 Å². The highest BCUT2D eigenvalue weighted by atomic mass is 14.9. The highest BCUT2D eigenvalue weighted by molar-refractivity contribution is 5.54. The third kappa shape index (κ3) is 2.51. The van der Waals surface area contributed by atoms with Crippen molar-refractivity contribution in [3.05, 3.63) is 29.3 Å². The second-order valence-corrected chi connectivity index (χ2v) is 4.42. The first-order valence-electron chi connectivity index (χ1n) is 5.83. The predicted molar refractivity (Wildman–Crippen MR) is 65.4 cm³/mol. The van der Waals surface area contributed by atoms with Gasteiger partial charge in [0.25, 0.3) is 0 Å². The van der Waals surface area contributed by atoms with Gasteiger partial charge in [0.1, 0.15) is 0 Å². The minimum absolute atomic E-state index is 0.735. The van der Waals surface area contributed by atoms with Gasteiger partial charge < -0.3 is 10.6 Å². The van der Waals surface area contributed by atoms with Crippen molar-refractivity contribution in [1.29, 1.82) is 0 Å². The first-order chi connectivity index (χ1) is 7.29. The van der Waals surface area contributed by atoms with Crippen LogP contribution < -0.4 is 10.6 Å². The maximum Gasteiger partial charge on any atom is 0.0373 e. The normalized spacial score (nSPS) is 19.5. The number of aryl methyl sites for hydroxylation is 1.